The number of carbonyl (C=O) groups excluding carboxylic acids is 1. The Morgan fingerprint density at radius 2 is 2.21 bits per heavy atom. The van der Waals surface area contributed by atoms with Gasteiger partial charge in [-0.25, -0.2) is 0 Å². The van der Waals surface area contributed by atoms with E-state index < -0.39 is 0 Å². The minimum absolute atomic E-state index is 0.268. The average molecular weight is 346 g/mol. The lowest BCUT2D eigenvalue weighted by Gasteiger charge is -2.34. The molecule has 0 heterocycles. The first kappa shape index (κ1) is 15.0. The van der Waals surface area contributed by atoms with E-state index >= 15 is 0 Å². The van der Waals surface area contributed by atoms with Crippen LogP contribution >= 0.6 is 27.5 Å². The summed E-state index contributed by atoms with van der Waals surface area (Å²) >= 11 is 9.48. The molecule has 2 nitrogen and oxygen atoms in total. The lowest BCUT2D eigenvalue weighted by atomic mass is 9.78. The standard InChI is InChI=1S/C15H18BrClO2/c1-2-19-14-6-10(7-14)5-13(18)8-11-3-4-12(16)9-15(11)17/h3-4,9-10,14H,2,5-8H2,1H3. The summed E-state index contributed by atoms with van der Waals surface area (Å²) in [6, 6.07) is 5.66. The molecular weight excluding hydrogens is 328 g/mol. The van der Waals surface area contributed by atoms with E-state index in [9.17, 15) is 4.79 Å². The van der Waals surface area contributed by atoms with Crippen LogP contribution in [0.15, 0.2) is 22.7 Å². The number of hydrogen-bond donors (Lipinski definition) is 0. The first-order valence-electron chi connectivity index (χ1n) is 6.65. The van der Waals surface area contributed by atoms with Crippen molar-refractivity contribution < 1.29 is 9.53 Å². The zero-order chi connectivity index (χ0) is 13.8. The Labute approximate surface area is 127 Å². The second kappa shape index (κ2) is 6.87. The highest BCUT2D eigenvalue weighted by Gasteiger charge is 2.30. The monoisotopic (exact) mass is 344 g/mol. The van der Waals surface area contributed by atoms with Gasteiger partial charge in [0.25, 0.3) is 0 Å². The second-order valence-electron chi connectivity index (χ2n) is 5.07. The van der Waals surface area contributed by atoms with Gasteiger partial charge in [-0.1, -0.05) is 33.6 Å². The van der Waals surface area contributed by atoms with Gasteiger partial charge in [0.15, 0.2) is 0 Å². The van der Waals surface area contributed by atoms with Crippen molar-refractivity contribution >= 4 is 33.3 Å². The number of carbonyl (C=O) groups is 1. The molecule has 0 radical (unpaired) electrons. The van der Waals surface area contributed by atoms with Crippen molar-refractivity contribution in [1.82, 2.24) is 0 Å². The Kier molecular flexibility index (Phi) is 5.43. The Hall–Kier alpha value is -0.380. The maximum Gasteiger partial charge on any atom is 0.137 e. The van der Waals surface area contributed by atoms with E-state index in [1.165, 1.54) is 0 Å². The van der Waals surface area contributed by atoms with Gasteiger partial charge in [0.05, 0.1) is 6.10 Å². The summed E-state index contributed by atoms with van der Waals surface area (Å²) in [7, 11) is 0. The summed E-state index contributed by atoms with van der Waals surface area (Å²) in [5.74, 6) is 0.766. The topological polar surface area (TPSA) is 26.3 Å². The summed E-state index contributed by atoms with van der Waals surface area (Å²) in [6.07, 6.45) is 3.50. The average Bonchev–Trinajstić information content (AvgIpc) is 2.30. The molecule has 4 heteroatoms. The van der Waals surface area contributed by atoms with Crippen molar-refractivity contribution in [1.29, 1.82) is 0 Å². The van der Waals surface area contributed by atoms with E-state index in [4.69, 9.17) is 16.3 Å². The third-order valence-corrected chi connectivity index (χ3v) is 4.36. The minimum Gasteiger partial charge on any atom is -0.378 e. The first-order chi connectivity index (χ1) is 9.08. The van der Waals surface area contributed by atoms with Crippen molar-refractivity contribution in [2.75, 3.05) is 6.61 Å². The first-order valence-corrected chi connectivity index (χ1v) is 7.82. The number of Topliss-reactive ketones (excluding diaryl/α,β-unsaturated/α-hetero) is 1. The SMILES string of the molecule is CCOC1CC(CC(=O)Cc2ccc(Br)cc2Cl)C1. The molecule has 19 heavy (non-hydrogen) atoms. The molecule has 0 unspecified atom stereocenters. The molecule has 0 aliphatic heterocycles. The van der Waals surface area contributed by atoms with E-state index in [2.05, 4.69) is 15.9 Å². The van der Waals surface area contributed by atoms with Gasteiger partial charge in [0.2, 0.25) is 0 Å². The number of benzene rings is 1. The lowest BCUT2D eigenvalue weighted by Crippen LogP contribution is -2.33. The summed E-state index contributed by atoms with van der Waals surface area (Å²) in [6.45, 7) is 2.77. The minimum atomic E-state index is 0.268. The normalized spacial score (nSPS) is 22.1. The predicted molar refractivity (Wildman–Crippen MR) is 80.6 cm³/mol. The molecule has 1 aliphatic carbocycles. The van der Waals surface area contributed by atoms with Crippen LogP contribution in [0.4, 0.5) is 0 Å². The van der Waals surface area contributed by atoms with Crippen LogP contribution in [0.2, 0.25) is 5.02 Å². The molecule has 1 aromatic rings. The smallest absolute Gasteiger partial charge is 0.137 e. The van der Waals surface area contributed by atoms with E-state index in [-0.39, 0.29) is 5.78 Å². The molecule has 2 rings (SSSR count). The fourth-order valence-corrected chi connectivity index (χ4v) is 3.22. The van der Waals surface area contributed by atoms with Crippen molar-refractivity contribution in [3.05, 3.63) is 33.3 Å². The van der Waals surface area contributed by atoms with Crippen molar-refractivity contribution in [2.24, 2.45) is 5.92 Å². The van der Waals surface area contributed by atoms with Gasteiger partial charge in [-0.15, -0.1) is 0 Å². The summed E-state index contributed by atoms with van der Waals surface area (Å²) in [4.78, 5) is 12.0. The Bertz CT molecular complexity index is 455. The van der Waals surface area contributed by atoms with Gasteiger partial charge in [0, 0.05) is 28.9 Å². The van der Waals surface area contributed by atoms with Crippen molar-refractivity contribution in [2.45, 2.75) is 38.7 Å². The highest BCUT2D eigenvalue weighted by molar-refractivity contribution is 9.10. The molecule has 0 spiro atoms. The van der Waals surface area contributed by atoms with Gasteiger partial charge in [-0.2, -0.15) is 0 Å². The quantitative estimate of drug-likeness (QED) is 0.763. The summed E-state index contributed by atoms with van der Waals surface area (Å²) < 4.78 is 6.44. The molecule has 0 saturated heterocycles. The van der Waals surface area contributed by atoms with Crippen LogP contribution in [0.3, 0.4) is 0 Å². The van der Waals surface area contributed by atoms with Crippen LogP contribution in [0.25, 0.3) is 0 Å². The van der Waals surface area contributed by atoms with Crippen LogP contribution in [-0.2, 0) is 16.0 Å². The van der Waals surface area contributed by atoms with Gasteiger partial charge in [0.1, 0.15) is 5.78 Å². The highest BCUT2D eigenvalue weighted by Crippen LogP contribution is 2.33. The molecule has 104 valence electrons. The summed E-state index contributed by atoms with van der Waals surface area (Å²) in [5.41, 5.74) is 0.913. The molecule has 1 aliphatic rings. The fourth-order valence-electron chi connectivity index (χ4n) is 2.48. The third-order valence-electron chi connectivity index (χ3n) is 3.51. The lowest BCUT2D eigenvalue weighted by molar-refractivity contribution is -0.121. The van der Waals surface area contributed by atoms with Gasteiger partial charge < -0.3 is 4.74 Å². The number of hydrogen-bond acceptors (Lipinski definition) is 2. The molecule has 0 bridgehead atoms. The van der Waals surface area contributed by atoms with Crippen molar-refractivity contribution in [3.8, 4) is 0 Å². The molecule has 1 saturated carbocycles. The van der Waals surface area contributed by atoms with Gasteiger partial charge >= 0.3 is 0 Å². The van der Waals surface area contributed by atoms with Crippen LogP contribution in [-0.4, -0.2) is 18.5 Å². The van der Waals surface area contributed by atoms with Crippen LogP contribution in [0.1, 0.15) is 31.7 Å². The van der Waals surface area contributed by atoms with Crippen LogP contribution in [0.5, 0.6) is 0 Å². The Morgan fingerprint density at radius 3 is 2.84 bits per heavy atom. The molecular formula is C15H18BrClO2. The number of halogens is 2. The van der Waals surface area contributed by atoms with Crippen molar-refractivity contribution in [3.63, 3.8) is 0 Å². The van der Waals surface area contributed by atoms with Crippen LogP contribution < -0.4 is 0 Å². The van der Waals surface area contributed by atoms with E-state index in [0.29, 0.717) is 29.9 Å². The molecule has 1 fully saturated rings. The van der Waals surface area contributed by atoms with Gasteiger partial charge in [-0.3, -0.25) is 4.79 Å². The number of ether oxygens (including phenoxy) is 1. The number of ketones is 1. The summed E-state index contributed by atoms with van der Waals surface area (Å²) in [5, 5.41) is 0.656. The maximum atomic E-state index is 12.0. The Morgan fingerprint density at radius 1 is 1.47 bits per heavy atom. The fraction of sp³-hybridized carbons (Fsp3) is 0.533. The molecule has 1 aromatic carbocycles. The van der Waals surface area contributed by atoms with E-state index in [0.717, 1.165) is 29.5 Å². The van der Waals surface area contributed by atoms with Crippen LogP contribution in [0, 0.1) is 5.92 Å². The third kappa shape index (κ3) is 4.30. The van der Waals surface area contributed by atoms with Gasteiger partial charge in [-0.05, 0) is 43.4 Å². The highest BCUT2D eigenvalue weighted by atomic mass is 79.9. The number of rotatable bonds is 6. The van der Waals surface area contributed by atoms with E-state index in [1.54, 1.807) is 0 Å². The molecule has 0 aromatic heterocycles. The zero-order valence-corrected chi connectivity index (χ0v) is 13.3. The largest absolute Gasteiger partial charge is 0.378 e. The molecule has 0 N–H and O–H groups in total. The molecule has 0 amide bonds. The predicted octanol–water partition coefficient (Wildman–Crippen LogP) is 4.42. The van der Waals surface area contributed by atoms with E-state index in [1.807, 2.05) is 25.1 Å². The molecule has 0 atom stereocenters. The zero-order valence-electron chi connectivity index (χ0n) is 11.0. The Balaban J connectivity index is 1.79. The second-order valence-corrected chi connectivity index (χ2v) is 6.39. The maximum absolute atomic E-state index is 12.0.